The largest absolute Gasteiger partial charge is 0.497 e. The van der Waals surface area contributed by atoms with Gasteiger partial charge in [0.1, 0.15) is 17.3 Å². The van der Waals surface area contributed by atoms with Gasteiger partial charge in [-0.2, -0.15) is 0 Å². The Kier molecular flexibility index (Phi) is 6.77. The van der Waals surface area contributed by atoms with E-state index in [1.54, 1.807) is 37.3 Å². The van der Waals surface area contributed by atoms with Crippen LogP contribution in [-0.2, 0) is 12.2 Å². The van der Waals surface area contributed by atoms with E-state index in [0.717, 1.165) is 40.2 Å². The van der Waals surface area contributed by atoms with Gasteiger partial charge in [0.15, 0.2) is 5.16 Å². The molecule has 0 saturated heterocycles. The predicted molar refractivity (Wildman–Crippen MR) is 118 cm³/mol. The Labute approximate surface area is 180 Å². The number of hydrogen-bond acceptors (Lipinski definition) is 6. The zero-order valence-electron chi connectivity index (χ0n) is 17.0. The zero-order valence-corrected chi connectivity index (χ0v) is 18.6. The molecule has 0 bridgehead atoms. The molecule has 154 valence electrons. The highest BCUT2D eigenvalue weighted by atomic mass is 32.2. The maximum atomic E-state index is 5.54. The lowest BCUT2D eigenvalue weighted by molar-refractivity contribution is 0.330. The first-order valence-corrected chi connectivity index (χ1v) is 11.9. The van der Waals surface area contributed by atoms with E-state index in [2.05, 4.69) is 32.3 Å². The van der Waals surface area contributed by atoms with Crippen LogP contribution in [0.3, 0.4) is 0 Å². The van der Waals surface area contributed by atoms with Gasteiger partial charge in [-0.1, -0.05) is 37.1 Å². The van der Waals surface area contributed by atoms with E-state index in [1.807, 2.05) is 18.2 Å². The van der Waals surface area contributed by atoms with Gasteiger partial charge >= 0.3 is 0 Å². The summed E-state index contributed by atoms with van der Waals surface area (Å²) >= 11 is 3.52. The minimum absolute atomic E-state index is 0.503. The first-order valence-electron chi connectivity index (χ1n) is 10.1. The molecule has 0 spiro atoms. The smallest absolute Gasteiger partial charge is 0.191 e. The molecule has 0 unspecified atom stereocenters. The number of aromatic nitrogens is 3. The van der Waals surface area contributed by atoms with Crippen molar-refractivity contribution in [2.75, 3.05) is 14.2 Å². The van der Waals surface area contributed by atoms with Crippen molar-refractivity contribution < 1.29 is 9.47 Å². The zero-order chi connectivity index (χ0) is 20.1. The second-order valence-corrected chi connectivity index (χ2v) is 9.26. The molecular weight excluding hydrogens is 402 g/mol. The van der Waals surface area contributed by atoms with Gasteiger partial charge in [-0.3, -0.25) is 0 Å². The van der Waals surface area contributed by atoms with Crippen LogP contribution in [0.1, 0.15) is 54.4 Å². The Bertz CT molecular complexity index is 918. The summed E-state index contributed by atoms with van der Waals surface area (Å²) in [5.41, 5.74) is 1.11. The number of benzene rings is 1. The molecule has 0 radical (unpaired) electrons. The number of methoxy groups -OCH3 is 2. The van der Waals surface area contributed by atoms with Crippen molar-refractivity contribution >= 4 is 23.1 Å². The van der Waals surface area contributed by atoms with E-state index in [4.69, 9.17) is 9.47 Å². The molecule has 0 atom stereocenters. The van der Waals surface area contributed by atoms with Crippen molar-refractivity contribution in [2.24, 2.45) is 0 Å². The van der Waals surface area contributed by atoms with E-state index in [1.165, 1.54) is 37.0 Å². The third-order valence-electron chi connectivity index (χ3n) is 5.43. The summed E-state index contributed by atoms with van der Waals surface area (Å²) in [5, 5.41) is 12.3. The average molecular weight is 430 g/mol. The van der Waals surface area contributed by atoms with E-state index in [0.29, 0.717) is 6.04 Å². The lowest BCUT2D eigenvalue weighted by Gasteiger charge is -2.25. The van der Waals surface area contributed by atoms with Crippen molar-refractivity contribution in [3.8, 4) is 11.5 Å². The average Bonchev–Trinajstić information content (AvgIpc) is 3.43. The van der Waals surface area contributed by atoms with Gasteiger partial charge in [-0.15, -0.1) is 21.5 Å². The highest BCUT2D eigenvalue weighted by Gasteiger charge is 2.23. The summed E-state index contributed by atoms with van der Waals surface area (Å²) in [6, 6.07) is 10.7. The van der Waals surface area contributed by atoms with E-state index >= 15 is 0 Å². The molecule has 7 heteroatoms. The number of thiophene rings is 1. The van der Waals surface area contributed by atoms with E-state index < -0.39 is 0 Å². The molecule has 1 saturated carbocycles. The molecule has 29 heavy (non-hydrogen) atoms. The van der Waals surface area contributed by atoms with Crippen LogP contribution in [0.2, 0.25) is 0 Å². The van der Waals surface area contributed by atoms with Gasteiger partial charge in [0, 0.05) is 28.7 Å². The number of hydrogen-bond donors (Lipinski definition) is 0. The summed E-state index contributed by atoms with van der Waals surface area (Å²) in [7, 11) is 3.40. The molecule has 1 aliphatic carbocycles. The first-order chi connectivity index (χ1) is 14.3. The Morgan fingerprint density at radius 1 is 1.10 bits per heavy atom. The molecule has 3 aromatic rings. The third kappa shape index (κ3) is 4.78. The van der Waals surface area contributed by atoms with Gasteiger partial charge in [0.05, 0.1) is 14.2 Å². The number of ether oxygens (including phenoxy) is 2. The first kappa shape index (κ1) is 20.3. The SMILES string of the molecule is COc1ccc(OC)c(CSc2nnc(Cc3cccs3)n2C2CCCCC2)c1. The molecule has 0 aliphatic heterocycles. The number of nitrogens with zero attached hydrogens (tertiary/aromatic N) is 3. The van der Waals surface area contributed by atoms with Crippen molar-refractivity contribution in [1.29, 1.82) is 0 Å². The summed E-state index contributed by atoms with van der Waals surface area (Å²) in [6.45, 7) is 0. The Morgan fingerprint density at radius 3 is 2.69 bits per heavy atom. The van der Waals surface area contributed by atoms with Gasteiger partial charge in [-0.25, -0.2) is 0 Å². The molecule has 2 aromatic heterocycles. The van der Waals surface area contributed by atoms with Crippen LogP contribution in [0.5, 0.6) is 11.5 Å². The monoisotopic (exact) mass is 429 g/mol. The van der Waals surface area contributed by atoms with Gasteiger partial charge in [0.25, 0.3) is 0 Å². The molecule has 1 aromatic carbocycles. The highest BCUT2D eigenvalue weighted by Crippen LogP contribution is 2.36. The second kappa shape index (κ2) is 9.67. The van der Waals surface area contributed by atoms with Crippen LogP contribution >= 0.6 is 23.1 Å². The Balaban J connectivity index is 1.59. The lowest BCUT2D eigenvalue weighted by atomic mass is 9.95. The summed E-state index contributed by atoms with van der Waals surface area (Å²) in [6.07, 6.45) is 7.19. The quantitative estimate of drug-likeness (QED) is 0.427. The van der Waals surface area contributed by atoms with Crippen LogP contribution in [0.4, 0.5) is 0 Å². The fourth-order valence-electron chi connectivity index (χ4n) is 3.94. The minimum Gasteiger partial charge on any atom is -0.497 e. The van der Waals surface area contributed by atoms with Gasteiger partial charge < -0.3 is 14.0 Å². The standard InChI is InChI=1S/C22H27N3O2S2/c1-26-18-10-11-20(27-2)16(13-18)15-29-22-24-23-21(14-19-9-6-12-28-19)25(22)17-7-4-3-5-8-17/h6,9-13,17H,3-5,7-8,14-15H2,1-2H3. The number of thioether (sulfide) groups is 1. The molecule has 2 heterocycles. The van der Waals surface area contributed by atoms with Crippen molar-refractivity contribution in [3.05, 3.63) is 52.0 Å². The molecule has 1 aliphatic rings. The molecule has 4 rings (SSSR count). The van der Waals surface area contributed by atoms with E-state index in [-0.39, 0.29) is 0 Å². The molecule has 0 N–H and O–H groups in total. The van der Waals surface area contributed by atoms with Crippen molar-refractivity contribution in [1.82, 2.24) is 14.8 Å². The Morgan fingerprint density at radius 2 is 1.97 bits per heavy atom. The van der Waals surface area contributed by atoms with Crippen LogP contribution in [0.15, 0.2) is 40.9 Å². The highest BCUT2D eigenvalue weighted by molar-refractivity contribution is 7.98. The van der Waals surface area contributed by atoms with Crippen molar-refractivity contribution in [3.63, 3.8) is 0 Å². The fraction of sp³-hybridized carbons (Fsp3) is 0.455. The fourth-order valence-corrected chi connectivity index (χ4v) is 5.64. The predicted octanol–water partition coefficient (Wildman–Crippen LogP) is 5.75. The van der Waals surface area contributed by atoms with E-state index in [9.17, 15) is 0 Å². The van der Waals surface area contributed by atoms with Crippen LogP contribution in [0.25, 0.3) is 0 Å². The maximum absolute atomic E-state index is 5.54. The van der Waals surface area contributed by atoms with Gasteiger partial charge in [0.2, 0.25) is 0 Å². The molecule has 1 fully saturated rings. The molecule has 0 amide bonds. The summed E-state index contributed by atoms with van der Waals surface area (Å²) in [5.74, 6) is 3.57. The van der Waals surface area contributed by atoms with Crippen molar-refractivity contribution in [2.45, 2.75) is 55.5 Å². The van der Waals surface area contributed by atoms with Gasteiger partial charge in [-0.05, 0) is 42.5 Å². The topological polar surface area (TPSA) is 49.2 Å². The normalized spacial score (nSPS) is 14.8. The maximum Gasteiger partial charge on any atom is 0.191 e. The molecular formula is C22H27N3O2S2. The second-order valence-electron chi connectivity index (χ2n) is 7.28. The van der Waals surface area contributed by atoms with Crippen LogP contribution < -0.4 is 9.47 Å². The summed E-state index contributed by atoms with van der Waals surface area (Å²) < 4.78 is 13.3. The summed E-state index contributed by atoms with van der Waals surface area (Å²) in [4.78, 5) is 1.33. The molecule has 5 nitrogen and oxygen atoms in total. The van der Waals surface area contributed by atoms with Crippen LogP contribution in [-0.4, -0.2) is 29.0 Å². The lowest BCUT2D eigenvalue weighted by Crippen LogP contribution is -2.16. The Hall–Kier alpha value is -1.99. The van der Waals surface area contributed by atoms with Crippen LogP contribution in [0, 0.1) is 0 Å². The number of rotatable bonds is 8. The third-order valence-corrected chi connectivity index (χ3v) is 7.30. The minimum atomic E-state index is 0.503.